The normalized spacial score (nSPS) is 10.3. The van der Waals surface area contributed by atoms with Crippen molar-refractivity contribution in [3.63, 3.8) is 0 Å². The standard InChI is InChI=1S/C18H18F2O5/c1-4-11-8-14(20)17(9-13(11)19)24-10-12-15(22-2)6-5-7-16(12)25-18(21)23-3/h5-9H,4,10H2,1-3H3. The molecule has 2 aromatic rings. The summed E-state index contributed by atoms with van der Waals surface area (Å²) in [5.41, 5.74) is 0.617. The molecular weight excluding hydrogens is 334 g/mol. The van der Waals surface area contributed by atoms with Crippen LogP contribution in [0, 0.1) is 11.6 Å². The maximum atomic E-state index is 14.0. The van der Waals surface area contributed by atoms with Crippen molar-refractivity contribution < 1.29 is 32.5 Å². The number of hydrogen-bond acceptors (Lipinski definition) is 5. The van der Waals surface area contributed by atoms with Gasteiger partial charge in [0.05, 0.1) is 19.8 Å². The molecule has 0 saturated carbocycles. The molecule has 25 heavy (non-hydrogen) atoms. The maximum Gasteiger partial charge on any atom is 0.513 e. The third-order valence-corrected chi connectivity index (χ3v) is 3.52. The molecule has 0 bridgehead atoms. The third-order valence-electron chi connectivity index (χ3n) is 3.52. The van der Waals surface area contributed by atoms with Crippen LogP contribution < -0.4 is 14.2 Å². The van der Waals surface area contributed by atoms with Crippen LogP contribution in [0.1, 0.15) is 18.1 Å². The second-order valence-electron chi connectivity index (χ2n) is 5.01. The third kappa shape index (κ3) is 4.37. The van der Waals surface area contributed by atoms with Crippen molar-refractivity contribution in [2.24, 2.45) is 0 Å². The number of methoxy groups -OCH3 is 2. The lowest BCUT2D eigenvalue weighted by Crippen LogP contribution is -2.11. The Balaban J connectivity index is 2.28. The predicted molar refractivity (Wildman–Crippen MR) is 86.1 cm³/mol. The molecule has 0 amide bonds. The van der Waals surface area contributed by atoms with Crippen LogP contribution in [0.3, 0.4) is 0 Å². The van der Waals surface area contributed by atoms with Crippen molar-refractivity contribution in [2.75, 3.05) is 14.2 Å². The van der Waals surface area contributed by atoms with Crippen LogP contribution in [0.5, 0.6) is 17.2 Å². The lowest BCUT2D eigenvalue weighted by Gasteiger charge is -2.15. The largest absolute Gasteiger partial charge is 0.513 e. The molecular formula is C18H18F2O5. The Morgan fingerprint density at radius 3 is 2.40 bits per heavy atom. The van der Waals surface area contributed by atoms with Crippen molar-refractivity contribution in [3.8, 4) is 17.2 Å². The molecule has 0 saturated heterocycles. The van der Waals surface area contributed by atoms with Gasteiger partial charge in [0.25, 0.3) is 0 Å². The lowest BCUT2D eigenvalue weighted by atomic mass is 10.1. The molecule has 2 aromatic carbocycles. The molecule has 0 unspecified atom stereocenters. The molecule has 0 fully saturated rings. The molecule has 5 nitrogen and oxygen atoms in total. The van der Waals surface area contributed by atoms with Gasteiger partial charge in [-0.2, -0.15) is 0 Å². The summed E-state index contributed by atoms with van der Waals surface area (Å²) in [5.74, 6) is -0.970. The molecule has 2 rings (SSSR count). The van der Waals surface area contributed by atoms with Gasteiger partial charge in [-0.15, -0.1) is 0 Å². The van der Waals surface area contributed by atoms with Gasteiger partial charge < -0.3 is 18.9 Å². The number of rotatable bonds is 6. The van der Waals surface area contributed by atoms with Gasteiger partial charge in [0.2, 0.25) is 0 Å². The van der Waals surface area contributed by atoms with Crippen LogP contribution in [-0.4, -0.2) is 20.4 Å². The highest BCUT2D eigenvalue weighted by Crippen LogP contribution is 2.31. The van der Waals surface area contributed by atoms with Gasteiger partial charge in [-0.3, -0.25) is 0 Å². The van der Waals surface area contributed by atoms with Crippen molar-refractivity contribution >= 4 is 6.16 Å². The number of ether oxygens (including phenoxy) is 4. The minimum absolute atomic E-state index is 0.136. The van der Waals surface area contributed by atoms with E-state index in [0.29, 0.717) is 17.7 Å². The fourth-order valence-electron chi connectivity index (χ4n) is 2.21. The highest BCUT2D eigenvalue weighted by molar-refractivity contribution is 5.65. The summed E-state index contributed by atoms with van der Waals surface area (Å²) in [5, 5.41) is 0. The number of hydrogen-bond donors (Lipinski definition) is 0. The fraction of sp³-hybridized carbons (Fsp3) is 0.278. The van der Waals surface area contributed by atoms with Crippen LogP contribution in [0.2, 0.25) is 0 Å². The first kappa shape index (κ1) is 18.5. The monoisotopic (exact) mass is 352 g/mol. The second kappa shape index (κ2) is 8.32. The van der Waals surface area contributed by atoms with E-state index in [-0.39, 0.29) is 23.7 Å². The maximum absolute atomic E-state index is 14.0. The van der Waals surface area contributed by atoms with Crippen molar-refractivity contribution in [1.29, 1.82) is 0 Å². The molecule has 0 heterocycles. The molecule has 7 heteroatoms. The van der Waals surface area contributed by atoms with Crippen LogP contribution in [0.15, 0.2) is 30.3 Å². The van der Waals surface area contributed by atoms with E-state index in [9.17, 15) is 13.6 Å². The Bertz CT molecular complexity index is 761. The van der Waals surface area contributed by atoms with Gasteiger partial charge in [0, 0.05) is 6.07 Å². The Labute approximate surface area is 144 Å². The summed E-state index contributed by atoms with van der Waals surface area (Å²) in [6, 6.07) is 6.83. The van der Waals surface area contributed by atoms with Gasteiger partial charge in [-0.25, -0.2) is 13.6 Å². The molecule has 0 spiro atoms. The van der Waals surface area contributed by atoms with E-state index in [2.05, 4.69) is 4.74 Å². The summed E-state index contributed by atoms with van der Waals surface area (Å²) in [7, 11) is 2.60. The molecule has 0 aliphatic rings. The van der Waals surface area contributed by atoms with Gasteiger partial charge >= 0.3 is 6.16 Å². The Hall–Kier alpha value is -2.83. The van der Waals surface area contributed by atoms with Gasteiger partial charge in [-0.1, -0.05) is 13.0 Å². The van der Waals surface area contributed by atoms with Crippen LogP contribution in [0.4, 0.5) is 13.6 Å². The van der Waals surface area contributed by atoms with Gasteiger partial charge in [0.1, 0.15) is 23.9 Å². The minimum Gasteiger partial charge on any atom is -0.496 e. The van der Waals surface area contributed by atoms with E-state index in [1.54, 1.807) is 19.1 Å². The molecule has 0 aromatic heterocycles. The average Bonchev–Trinajstić information content (AvgIpc) is 2.62. The highest BCUT2D eigenvalue weighted by Gasteiger charge is 2.17. The molecule has 134 valence electrons. The number of carbonyl (C=O) groups excluding carboxylic acids is 1. The van der Waals surface area contributed by atoms with Crippen LogP contribution in [-0.2, 0) is 17.8 Å². The van der Waals surface area contributed by atoms with E-state index in [1.165, 1.54) is 20.3 Å². The Kier molecular flexibility index (Phi) is 6.16. The summed E-state index contributed by atoms with van der Waals surface area (Å²) in [6.45, 7) is 1.53. The van der Waals surface area contributed by atoms with E-state index < -0.39 is 17.8 Å². The van der Waals surface area contributed by atoms with E-state index in [0.717, 1.165) is 12.1 Å². The highest BCUT2D eigenvalue weighted by atomic mass is 19.1. The van der Waals surface area contributed by atoms with E-state index >= 15 is 0 Å². The zero-order valence-corrected chi connectivity index (χ0v) is 14.1. The molecule has 0 radical (unpaired) electrons. The average molecular weight is 352 g/mol. The SMILES string of the molecule is CCc1cc(F)c(OCc2c(OC)cccc2OC(=O)OC)cc1F. The first-order valence-corrected chi connectivity index (χ1v) is 7.52. The van der Waals surface area contributed by atoms with E-state index in [1.807, 2.05) is 0 Å². The molecule has 0 atom stereocenters. The second-order valence-corrected chi connectivity index (χ2v) is 5.01. The quantitative estimate of drug-likeness (QED) is 0.574. The summed E-state index contributed by atoms with van der Waals surface area (Å²) >= 11 is 0. The molecule has 0 N–H and O–H groups in total. The van der Waals surface area contributed by atoms with Crippen molar-refractivity contribution in [1.82, 2.24) is 0 Å². The topological polar surface area (TPSA) is 54.0 Å². The fourth-order valence-corrected chi connectivity index (χ4v) is 2.21. The number of benzene rings is 2. The number of aryl methyl sites for hydroxylation is 1. The smallest absolute Gasteiger partial charge is 0.496 e. The number of halogens is 2. The summed E-state index contributed by atoms with van der Waals surface area (Å²) in [6.07, 6.45) is -0.550. The van der Waals surface area contributed by atoms with Crippen molar-refractivity contribution in [3.05, 3.63) is 53.1 Å². The van der Waals surface area contributed by atoms with Gasteiger partial charge in [-0.05, 0) is 30.2 Å². The molecule has 0 aliphatic carbocycles. The van der Waals surface area contributed by atoms with Crippen LogP contribution in [0.25, 0.3) is 0 Å². The van der Waals surface area contributed by atoms with Crippen LogP contribution >= 0.6 is 0 Å². The lowest BCUT2D eigenvalue weighted by molar-refractivity contribution is 0.120. The predicted octanol–water partition coefficient (Wildman–Crippen LogP) is 4.26. The first-order chi connectivity index (χ1) is 12.0. The number of carbonyl (C=O) groups is 1. The Morgan fingerprint density at radius 1 is 1.04 bits per heavy atom. The zero-order valence-electron chi connectivity index (χ0n) is 14.1. The minimum atomic E-state index is -0.918. The first-order valence-electron chi connectivity index (χ1n) is 7.52. The summed E-state index contributed by atoms with van der Waals surface area (Å²) in [4.78, 5) is 11.3. The Morgan fingerprint density at radius 2 is 1.76 bits per heavy atom. The van der Waals surface area contributed by atoms with E-state index in [4.69, 9.17) is 14.2 Å². The summed E-state index contributed by atoms with van der Waals surface area (Å²) < 4.78 is 47.9. The van der Waals surface area contributed by atoms with Gasteiger partial charge in [0.15, 0.2) is 11.6 Å². The molecule has 0 aliphatic heterocycles. The zero-order chi connectivity index (χ0) is 18.4. The van der Waals surface area contributed by atoms with Crippen molar-refractivity contribution in [2.45, 2.75) is 20.0 Å².